The maximum Gasteiger partial charge on any atom is 0.126 e. The van der Waals surface area contributed by atoms with Crippen LogP contribution in [0.1, 0.15) is 36.5 Å². The Morgan fingerprint density at radius 3 is 2.64 bits per heavy atom. The van der Waals surface area contributed by atoms with Crippen molar-refractivity contribution in [1.29, 1.82) is 0 Å². The first-order valence-electron chi connectivity index (χ1n) is 5.12. The molecule has 1 N–H and O–H groups in total. The third-order valence-electron chi connectivity index (χ3n) is 3.12. The molecule has 1 nitrogen and oxygen atoms in total. The van der Waals surface area contributed by atoms with Crippen molar-refractivity contribution in [2.45, 2.75) is 32.3 Å². The van der Waals surface area contributed by atoms with Gasteiger partial charge in [-0.25, -0.2) is 4.39 Å². The largest absolute Gasteiger partial charge is 0.388 e. The second-order valence-corrected chi connectivity index (χ2v) is 4.14. The molecular formula is C12H15FO. The molecule has 1 aromatic carbocycles. The molecule has 0 saturated heterocycles. The summed E-state index contributed by atoms with van der Waals surface area (Å²) < 4.78 is 13.0. The second-order valence-electron chi connectivity index (χ2n) is 4.14. The highest BCUT2D eigenvalue weighted by Crippen LogP contribution is 2.37. The quantitative estimate of drug-likeness (QED) is 0.767. The number of hydrogen-bond donors (Lipinski definition) is 1. The molecule has 1 aliphatic rings. The van der Waals surface area contributed by atoms with Gasteiger partial charge in [-0.1, -0.05) is 18.6 Å². The van der Waals surface area contributed by atoms with Crippen LogP contribution in [0.5, 0.6) is 0 Å². The van der Waals surface area contributed by atoms with Crippen LogP contribution in [0.4, 0.5) is 4.39 Å². The van der Waals surface area contributed by atoms with Gasteiger partial charge in [0.1, 0.15) is 5.82 Å². The lowest BCUT2D eigenvalue weighted by Gasteiger charge is -2.30. The monoisotopic (exact) mass is 194 g/mol. The molecule has 0 heterocycles. The second kappa shape index (κ2) is 3.70. The van der Waals surface area contributed by atoms with Gasteiger partial charge >= 0.3 is 0 Å². The van der Waals surface area contributed by atoms with Crippen LogP contribution in [0.15, 0.2) is 18.2 Å². The van der Waals surface area contributed by atoms with E-state index in [0.717, 1.165) is 18.4 Å². The van der Waals surface area contributed by atoms with Crippen molar-refractivity contribution in [2.75, 3.05) is 0 Å². The standard InChI is InChI=1S/C12H15FO/c1-8-7-10(5-6-11(8)13)12(14)9-3-2-4-9/h5-7,9,12,14H,2-4H2,1H3. The molecule has 1 saturated carbocycles. The summed E-state index contributed by atoms with van der Waals surface area (Å²) in [6, 6.07) is 4.87. The molecule has 2 heteroatoms. The predicted molar refractivity (Wildman–Crippen MR) is 53.4 cm³/mol. The van der Waals surface area contributed by atoms with Crippen molar-refractivity contribution >= 4 is 0 Å². The molecule has 1 aliphatic carbocycles. The van der Waals surface area contributed by atoms with Crippen molar-refractivity contribution < 1.29 is 9.50 Å². The van der Waals surface area contributed by atoms with Crippen molar-refractivity contribution in [1.82, 2.24) is 0 Å². The zero-order valence-corrected chi connectivity index (χ0v) is 8.33. The van der Waals surface area contributed by atoms with Crippen LogP contribution in [0, 0.1) is 18.7 Å². The van der Waals surface area contributed by atoms with Gasteiger partial charge < -0.3 is 5.11 Å². The van der Waals surface area contributed by atoms with Gasteiger partial charge in [0, 0.05) is 0 Å². The van der Waals surface area contributed by atoms with E-state index in [1.807, 2.05) is 0 Å². The minimum Gasteiger partial charge on any atom is -0.388 e. The van der Waals surface area contributed by atoms with Crippen molar-refractivity contribution in [3.8, 4) is 0 Å². The number of hydrogen-bond acceptors (Lipinski definition) is 1. The molecule has 0 aromatic heterocycles. The van der Waals surface area contributed by atoms with Crippen LogP contribution in [-0.4, -0.2) is 5.11 Å². The summed E-state index contributed by atoms with van der Waals surface area (Å²) in [6.45, 7) is 1.73. The van der Waals surface area contributed by atoms with E-state index in [2.05, 4.69) is 0 Å². The van der Waals surface area contributed by atoms with E-state index in [9.17, 15) is 9.50 Å². The highest BCUT2D eigenvalue weighted by atomic mass is 19.1. The van der Waals surface area contributed by atoms with Gasteiger partial charge in [-0.15, -0.1) is 0 Å². The topological polar surface area (TPSA) is 20.2 Å². The Kier molecular flexibility index (Phi) is 2.55. The van der Waals surface area contributed by atoms with E-state index in [1.54, 1.807) is 19.1 Å². The lowest BCUT2D eigenvalue weighted by Crippen LogP contribution is -2.20. The van der Waals surface area contributed by atoms with Gasteiger partial charge in [0.25, 0.3) is 0 Å². The molecular weight excluding hydrogens is 179 g/mol. The number of aryl methyl sites for hydroxylation is 1. The fraction of sp³-hybridized carbons (Fsp3) is 0.500. The molecule has 1 fully saturated rings. The van der Waals surface area contributed by atoms with Gasteiger partial charge in [0.15, 0.2) is 0 Å². The van der Waals surface area contributed by atoms with E-state index >= 15 is 0 Å². The lowest BCUT2D eigenvalue weighted by molar-refractivity contribution is 0.0620. The molecule has 0 aliphatic heterocycles. The van der Waals surface area contributed by atoms with Crippen LogP contribution >= 0.6 is 0 Å². The number of rotatable bonds is 2. The third kappa shape index (κ3) is 1.67. The highest BCUT2D eigenvalue weighted by Gasteiger charge is 2.26. The van der Waals surface area contributed by atoms with Crippen LogP contribution in [-0.2, 0) is 0 Å². The molecule has 0 amide bonds. The van der Waals surface area contributed by atoms with E-state index in [0.29, 0.717) is 11.5 Å². The Balaban J connectivity index is 2.18. The minimum absolute atomic E-state index is 0.199. The summed E-state index contributed by atoms with van der Waals surface area (Å²) in [5.74, 6) is 0.189. The molecule has 0 bridgehead atoms. The maximum atomic E-state index is 13.0. The molecule has 14 heavy (non-hydrogen) atoms. The molecule has 2 rings (SSSR count). The Morgan fingerprint density at radius 2 is 2.14 bits per heavy atom. The Hall–Kier alpha value is -0.890. The summed E-state index contributed by atoms with van der Waals surface area (Å²) in [5, 5.41) is 9.93. The minimum atomic E-state index is -0.400. The Bertz CT molecular complexity index is 331. The van der Waals surface area contributed by atoms with Gasteiger partial charge in [-0.3, -0.25) is 0 Å². The van der Waals surface area contributed by atoms with Gasteiger partial charge in [0.2, 0.25) is 0 Å². The molecule has 1 atom stereocenters. The normalized spacial score (nSPS) is 19.1. The number of aliphatic hydroxyl groups is 1. The van der Waals surface area contributed by atoms with E-state index < -0.39 is 6.10 Å². The summed E-state index contributed by atoms with van der Waals surface area (Å²) >= 11 is 0. The summed E-state index contributed by atoms with van der Waals surface area (Å²) in [5.41, 5.74) is 1.47. The smallest absolute Gasteiger partial charge is 0.126 e. The zero-order valence-electron chi connectivity index (χ0n) is 8.33. The van der Waals surface area contributed by atoms with Crippen LogP contribution < -0.4 is 0 Å². The van der Waals surface area contributed by atoms with Crippen molar-refractivity contribution in [2.24, 2.45) is 5.92 Å². The average molecular weight is 194 g/mol. The van der Waals surface area contributed by atoms with Crippen LogP contribution in [0.2, 0.25) is 0 Å². The molecule has 0 spiro atoms. The summed E-state index contributed by atoms with van der Waals surface area (Å²) in [4.78, 5) is 0. The van der Waals surface area contributed by atoms with Crippen LogP contribution in [0.3, 0.4) is 0 Å². The number of halogens is 1. The third-order valence-corrected chi connectivity index (χ3v) is 3.12. The van der Waals surface area contributed by atoms with E-state index in [4.69, 9.17) is 0 Å². The van der Waals surface area contributed by atoms with Crippen LogP contribution in [0.25, 0.3) is 0 Å². The highest BCUT2D eigenvalue weighted by molar-refractivity contribution is 5.26. The Morgan fingerprint density at radius 1 is 1.43 bits per heavy atom. The molecule has 76 valence electrons. The molecule has 1 aromatic rings. The SMILES string of the molecule is Cc1cc(C(O)C2CCC2)ccc1F. The zero-order chi connectivity index (χ0) is 10.1. The number of aliphatic hydroxyl groups excluding tert-OH is 1. The van der Waals surface area contributed by atoms with Gasteiger partial charge in [0.05, 0.1) is 6.10 Å². The van der Waals surface area contributed by atoms with Gasteiger partial charge in [-0.2, -0.15) is 0 Å². The maximum absolute atomic E-state index is 13.0. The van der Waals surface area contributed by atoms with E-state index in [1.165, 1.54) is 12.5 Å². The van der Waals surface area contributed by atoms with Gasteiger partial charge in [-0.05, 0) is 42.9 Å². The predicted octanol–water partition coefficient (Wildman–Crippen LogP) is 2.97. The lowest BCUT2D eigenvalue weighted by atomic mass is 9.78. The first kappa shape index (κ1) is 9.66. The van der Waals surface area contributed by atoms with E-state index in [-0.39, 0.29) is 5.82 Å². The molecule has 1 unspecified atom stereocenters. The Labute approximate surface area is 83.6 Å². The first-order valence-corrected chi connectivity index (χ1v) is 5.12. The first-order chi connectivity index (χ1) is 6.68. The average Bonchev–Trinajstić information content (AvgIpc) is 2.06. The summed E-state index contributed by atoms with van der Waals surface area (Å²) in [6.07, 6.45) is 3.00. The number of benzene rings is 1. The van der Waals surface area contributed by atoms with Crippen molar-refractivity contribution in [3.63, 3.8) is 0 Å². The summed E-state index contributed by atoms with van der Waals surface area (Å²) in [7, 11) is 0. The van der Waals surface area contributed by atoms with Crippen molar-refractivity contribution in [3.05, 3.63) is 35.1 Å². The fourth-order valence-corrected chi connectivity index (χ4v) is 1.88. The fourth-order valence-electron chi connectivity index (χ4n) is 1.88. The molecule has 0 radical (unpaired) electrons.